The predicted octanol–water partition coefficient (Wildman–Crippen LogP) is 5.32. The van der Waals surface area contributed by atoms with Crippen LogP contribution >= 0.6 is 0 Å². The van der Waals surface area contributed by atoms with E-state index in [9.17, 15) is 0 Å². The summed E-state index contributed by atoms with van der Waals surface area (Å²) >= 11 is 0. The maximum Gasteiger partial charge on any atom is 0.103 e. The highest BCUT2D eigenvalue weighted by Crippen LogP contribution is 2.39. The molecule has 24 heavy (non-hydrogen) atoms. The lowest BCUT2D eigenvalue weighted by Crippen LogP contribution is -2.42. The molecule has 2 heteroatoms. The number of benzene rings is 2. The summed E-state index contributed by atoms with van der Waals surface area (Å²) in [4.78, 5) is 0. The maximum atomic E-state index is 2.57. The van der Waals surface area contributed by atoms with E-state index in [1.807, 2.05) is 0 Å². The molecule has 0 saturated carbocycles. The lowest BCUT2D eigenvalue weighted by atomic mass is 10.2. The first-order chi connectivity index (χ1) is 11.3. The van der Waals surface area contributed by atoms with Crippen molar-refractivity contribution in [1.29, 1.82) is 0 Å². The Bertz CT molecular complexity index is 557. The zero-order valence-corrected chi connectivity index (χ0v) is 18.3. The molecule has 2 aromatic rings. The fraction of sp³-hybridized carbons (Fsp3) is 0.455. The fourth-order valence-corrected chi connectivity index (χ4v) is 8.19. The first kappa shape index (κ1) is 19.2. The highest BCUT2D eigenvalue weighted by Gasteiger charge is 2.34. The summed E-state index contributed by atoms with van der Waals surface area (Å²) in [5.74, 6) is 0. The summed E-state index contributed by atoms with van der Waals surface area (Å²) < 4.78 is 0. The average Bonchev–Trinajstić information content (AvgIpc) is 2.55. The van der Waals surface area contributed by atoms with Crippen molar-refractivity contribution in [3.63, 3.8) is 0 Å². The standard InChI is InChI=1S/C22H34Si2/c1-22(2,3)24(4,5)19-13-12-18-23(20-14-8-6-9-15-20)21-16-10-7-11-17-21/h6-11,14-17,23H,12-13,18-19H2,1-5H3. The van der Waals surface area contributed by atoms with Gasteiger partial charge in [-0.05, 0) is 5.04 Å². The van der Waals surface area contributed by atoms with Crippen molar-refractivity contribution in [3.05, 3.63) is 60.7 Å². The molecule has 0 bridgehead atoms. The monoisotopic (exact) mass is 354 g/mol. The Morgan fingerprint density at radius 3 is 1.62 bits per heavy atom. The van der Waals surface area contributed by atoms with Gasteiger partial charge in [0.2, 0.25) is 0 Å². The summed E-state index contributed by atoms with van der Waals surface area (Å²) in [5.41, 5.74) is 0. The third-order valence-corrected chi connectivity index (χ3v) is 15.0. The van der Waals surface area contributed by atoms with Gasteiger partial charge in [-0.15, -0.1) is 0 Å². The van der Waals surface area contributed by atoms with Gasteiger partial charge in [-0.1, -0.05) is 130 Å². The normalized spacial score (nSPS) is 12.6. The predicted molar refractivity (Wildman–Crippen MR) is 115 cm³/mol. The molecule has 0 fully saturated rings. The van der Waals surface area contributed by atoms with Crippen LogP contribution in [0.25, 0.3) is 0 Å². The lowest BCUT2D eigenvalue weighted by molar-refractivity contribution is 0.701. The minimum Gasteiger partial charge on any atom is -0.0690 e. The minimum atomic E-state index is -1.12. The van der Waals surface area contributed by atoms with E-state index in [1.165, 1.54) is 24.9 Å². The molecule has 0 aliphatic carbocycles. The largest absolute Gasteiger partial charge is 0.103 e. The third kappa shape index (κ3) is 5.19. The summed E-state index contributed by atoms with van der Waals surface area (Å²) in [5, 5.41) is 3.70. The van der Waals surface area contributed by atoms with Gasteiger partial charge in [0.25, 0.3) is 0 Å². The molecule has 2 rings (SSSR count). The van der Waals surface area contributed by atoms with Crippen molar-refractivity contribution in [2.75, 3.05) is 0 Å². The Hall–Kier alpha value is -1.13. The van der Waals surface area contributed by atoms with Crippen LogP contribution in [0.1, 0.15) is 33.6 Å². The number of rotatable bonds is 7. The van der Waals surface area contributed by atoms with Crippen molar-refractivity contribution in [2.24, 2.45) is 0 Å². The summed E-state index contributed by atoms with van der Waals surface area (Å²) in [6, 6.07) is 25.3. The molecule has 2 aromatic carbocycles. The lowest BCUT2D eigenvalue weighted by Gasteiger charge is -2.37. The van der Waals surface area contributed by atoms with E-state index in [0.717, 1.165) is 0 Å². The zero-order chi connectivity index (χ0) is 17.6. The Labute approximate surface area is 151 Å². The second-order valence-electron chi connectivity index (χ2n) is 8.75. The van der Waals surface area contributed by atoms with Gasteiger partial charge < -0.3 is 0 Å². The molecule has 0 spiro atoms. The van der Waals surface area contributed by atoms with E-state index in [2.05, 4.69) is 94.5 Å². The van der Waals surface area contributed by atoms with Crippen molar-refractivity contribution in [3.8, 4) is 0 Å². The van der Waals surface area contributed by atoms with Crippen molar-refractivity contribution < 1.29 is 0 Å². The first-order valence-electron chi connectivity index (χ1n) is 9.41. The van der Waals surface area contributed by atoms with Crippen LogP contribution < -0.4 is 10.4 Å². The topological polar surface area (TPSA) is 0 Å². The Morgan fingerprint density at radius 2 is 1.21 bits per heavy atom. The van der Waals surface area contributed by atoms with E-state index < -0.39 is 16.9 Å². The molecule has 0 N–H and O–H groups in total. The molecule has 0 heterocycles. The van der Waals surface area contributed by atoms with Gasteiger partial charge >= 0.3 is 0 Å². The highest BCUT2D eigenvalue weighted by molar-refractivity contribution is 6.85. The second-order valence-corrected chi connectivity index (χ2v) is 17.5. The van der Waals surface area contributed by atoms with Crippen LogP contribution in [0.4, 0.5) is 0 Å². The molecule has 0 saturated heterocycles. The molecule has 0 aromatic heterocycles. The molecular weight excluding hydrogens is 320 g/mol. The van der Waals surface area contributed by atoms with Crippen LogP contribution in [0.3, 0.4) is 0 Å². The van der Waals surface area contributed by atoms with Gasteiger partial charge in [-0.3, -0.25) is 0 Å². The number of hydrogen-bond donors (Lipinski definition) is 0. The average molecular weight is 355 g/mol. The summed E-state index contributed by atoms with van der Waals surface area (Å²) in [6.45, 7) is 12.4. The second kappa shape index (κ2) is 8.31. The van der Waals surface area contributed by atoms with Crippen LogP contribution in [0, 0.1) is 0 Å². The highest BCUT2D eigenvalue weighted by atomic mass is 28.3. The van der Waals surface area contributed by atoms with Gasteiger partial charge in [0, 0.05) is 0 Å². The van der Waals surface area contributed by atoms with Gasteiger partial charge in [0.1, 0.15) is 8.80 Å². The zero-order valence-electron chi connectivity index (χ0n) is 16.2. The van der Waals surface area contributed by atoms with E-state index in [-0.39, 0.29) is 0 Å². The molecule has 0 amide bonds. The van der Waals surface area contributed by atoms with Crippen molar-refractivity contribution in [2.45, 2.75) is 63.8 Å². The molecule has 0 unspecified atom stereocenters. The Morgan fingerprint density at radius 1 is 0.750 bits per heavy atom. The van der Waals surface area contributed by atoms with Gasteiger partial charge in [0.15, 0.2) is 0 Å². The SMILES string of the molecule is CC(C)(C)[Si](C)(C)CCCC[SiH](c1ccccc1)c1ccccc1. The first-order valence-corrected chi connectivity index (χ1v) is 14.6. The number of unbranched alkanes of at least 4 members (excludes halogenated alkanes) is 1. The van der Waals surface area contributed by atoms with Crippen LogP contribution in [0.5, 0.6) is 0 Å². The minimum absolute atomic E-state index is 0.517. The van der Waals surface area contributed by atoms with Gasteiger partial charge in [-0.2, -0.15) is 0 Å². The maximum absolute atomic E-state index is 2.57. The molecule has 0 aliphatic heterocycles. The molecule has 0 atom stereocenters. The van der Waals surface area contributed by atoms with E-state index in [1.54, 1.807) is 10.4 Å². The van der Waals surface area contributed by atoms with E-state index in [4.69, 9.17) is 0 Å². The fourth-order valence-electron chi connectivity index (χ4n) is 3.19. The summed E-state index contributed by atoms with van der Waals surface area (Å²) in [7, 11) is -2.18. The molecule has 0 nitrogen and oxygen atoms in total. The van der Waals surface area contributed by atoms with Crippen molar-refractivity contribution >= 4 is 27.2 Å². The molecule has 0 radical (unpaired) electrons. The van der Waals surface area contributed by atoms with Crippen LogP contribution in [0.2, 0.25) is 30.2 Å². The quantitative estimate of drug-likeness (QED) is 0.466. The van der Waals surface area contributed by atoms with E-state index >= 15 is 0 Å². The molecular formula is C22H34Si2. The third-order valence-electron chi connectivity index (χ3n) is 5.98. The van der Waals surface area contributed by atoms with Gasteiger partial charge in [0.05, 0.1) is 8.07 Å². The van der Waals surface area contributed by atoms with E-state index in [0.29, 0.717) is 5.04 Å². The Balaban J connectivity index is 2.01. The molecule has 130 valence electrons. The van der Waals surface area contributed by atoms with Crippen LogP contribution in [0.15, 0.2) is 60.7 Å². The van der Waals surface area contributed by atoms with Crippen LogP contribution in [-0.2, 0) is 0 Å². The van der Waals surface area contributed by atoms with Gasteiger partial charge in [-0.25, -0.2) is 0 Å². The number of hydrogen-bond acceptors (Lipinski definition) is 0. The summed E-state index contributed by atoms with van der Waals surface area (Å²) in [6.07, 6.45) is 2.78. The smallest absolute Gasteiger partial charge is 0.0690 e. The van der Waals surface area contributed by atoms with Crippen LogP contribution in [-0.4, -0.2) is 16.9 Å². The van der Waals surface area contributed by atoms with Crippen molar-refractivity contribution in [1.82, 2.24) is 0 Å². The molecule has 0 aliphatic rings. The Kier molecular flexibility index (Phi) is 6.65.